The largest absolute Gasteiger partial charge is 0.316 e. The Morgan fingerprint density at radius 1 is 1.14 bits per heavy atom. The lowest BCUT2D eigenvalue weighted by Gasteiger charge is -2.22. The second-order valence-corrected chi connectivity index (χ2v) is 7.50. The molecular formula is C20H33N. The quantitative estimate of drug-likeness (QED) is 0.711. The molecule has 1 fully saturated rings. The molecule has 1 aliphatic rings. The van der Waals surface area contributed by atoms with Gasteiger partial charge in [0.05, 0.1) is 0 Å². The molecule has 2 rings (SSSR count). The molecule has 0 amide bonds. The van der Waals surface area contributed by atoms with Gasteiger partial charge in [-0.25, -0.2) is 0 Å². The molecule has 1 aromatic carbocycles. The van der Waals surface area contributed by atoms with Crippen LogP contribution < -0.4 is 5.32 Å². The molecule has 0 aliphatic heterocycles. The minimum absolute atomic E-state index is 0.746. The topological polar surface area (TPSA) is 12.0 Å². The van der Waals surface area contributed by atoms with Crippen LogP contribution in [0.2, 0.25) is 0 Å². The van der Waals surface area contributed by atoms with Crippen LogP contribution >= 0.6 is 0 Å². The third-order valence-electron chi connectivity index (χ3n) is 4.73. The average Bonchev–Trinajstić information content (AvgIpc) is 2.91. The van der Waals surface area contributed by atoms with Gasteiger partial charge in [0, 0.05) is 0 Å². The summed E-state index contributed by atoms with van der Waals surface area (Å²) in [6.45, 7) is 9.11. The summed E-state index contributed by atoms with van der Waals surface area (Å²) in [5, 5.41) is 3.69. The Kier molecular flexibility index (Phi) is 6.76. The zero-order valence-corrected chi connectivity index (χ0v) is 14.2. The van der Waals surface area contributed by atoms with Gasteiger partial charge in [0.25, 0.3) is 0 Å². The van der Waals surface area contributed by atoms with Crippen molar-refractivity contribution >= 4 is 0 Å². The van der Waals surface area contributed by atoms with E-state index in [1.54, 1.807) is 0 Å². The van der Waals surface area contributed by atoms with Crippen LogP contribution in [0, 0.1) is 24.7 Å². The molecule has 1 unspecified atom stereocenters. The van der Waals surface area contributed by atoms with Gasteiger partial charge in [0.2, 0.25) is 0 Å². The summed E-state index contributed by atoms with van der Waals surface area (Å²) in [6.07, 6.45) is 8.51. The Hall–Kier alpha value is -0.820. The maximum absolute atomic E-state index is 3.69. The van der Waals surface area contributed by atoms with Gasteiger partial charge < -0.3 is 5.32 Å². The third kappa shape index (κ3) is 6.22. The van der Waals surface area contributed by atoms with Crippen LogP contribution in [0.4, 0.5) is 0 Å². The van der Waals surface area contributed by atoms with E-state index >= 15 is 0 Å². The lowest BCUT2D eigenvalue weighted by Crippen LogP contribution is -2.28. The Bertz CT molecular complexity index is 404. The fourth-order valence-corrected chi connectivity index (χ4v) is 3.70. The minimum Gasteiger partial charge on any atom is -0.316 e. The van der Waals surface area contributed by atoms with Gasteiger partial charge in [-0.1, -0.05) is 69.4 Å². The highest BCUT2D eigenvalue weighted by Crippen LogP contribution is 2.31. The lowest BCUT2D eigenvalue weighted by atomic mass is 9.88. The van der Waals surface area contributed by atoms with Gasteiger partial charge in [-0.2, -0.15) is 0 Å². The van der Waals surface area contributed by atoms with Crippen molar-refractivity contribution in [1.82, 2.24) is 5.32 Å². The van der Waals surface area contributed by atoms with Gasteiger partial charge in [-0.3, -0.25) is 0 Å². The Labute approximate surface area is 131 Å². The first-order valence-corrected chi connectivity index (χ1v) is 8.89. The fraction of sp³-hybridized carbons (Fsp3) is 0.700. The summed E-state index contributed by atoms with van der Waals surface area (Å²) >= 11 is 0. The van der Waals surface area contributed by atoms with E-state index in [1.807, 2.05) is 0 Å². The van der Waals surface area contributed by atoms with Crippen molar-refractivity contribution < 1.29 is 0 Å². The van der Waals surface area contributed by atoms with E-state index in [-0.39, 0.29) is 0 Å². The highest BCUT2D eigenvalue weighted by Gasteiger charge is 2.20. The predicted octanol–water partition coefficient (Wildman–Crippen LogP) is 4.98. The summed E-state index contributed by atoms with van der Waals surface area (Å²) in [7, 11) is 0. The molecule has 118 valence electrons. The number of benzene rings is 1. The summed E-state index contributed by atoms with van der Waals surface area (Å²) < 4.78 is 0. The number of aryl methyl sites for hydroxylation is 1. The molecule has 1 saturated carbocycles. The Morgan fingerprint density at radius 3 is 2.57 bits per heavy atom. The van der Waals surface area contributed by atoms with Crippen molar-refractivity contribution in [3.05, 3.63) is 35.4 Å². The van der Waals surface area contributed by atoms with Gasteiger partial charge in [0.1, 0.15) is 0 Å². The third-order valence-corrected chi connectivity index (χ3v) is 4.73. The van der Waals surface area contributed by atoms with E-state index in [4.69, 9.17) is 0 Å². The van der Waals surface area contributed by atoms with E-state index in [9.17, 15) is 0 Å². The number of hydrogen-bond acceptors (Lipinski definition) is 1. The standard InChI is InChI=1S/C20H33N/c1-16(2)14-21-15-20(12-18-8-4-5-9-18)13-19-10-6-7-17(3)11-19/h6-7,10-11,16,18,20-21H,4-5,8-9,12-15H2,1-3H3. The van der Waals surface area contributed by atoms with E-state index in [1.165, 1.54) is 56.2 Å². The van der Waals surface area contributed by atoms with Crippen molar-refractivity contribution in [1.29, 1.82) is 0 Å². The maximum atomic E-state index is 3.69. The Morgan fingerprint density at radius 2 is 1.90 bits per heavy atom. The van der Waals surface area contributed by atoms with Crippen molar-refractivity contribution in [2.24, 2.45) is 17.8 Å². The number of rotatable bonds is 8. The zero-order valence-electron chi connectivity index (χ0n) is 14.2. The molecule has 0 heterocycles. The van der Waals surface area contributed by atoms with Crippen LogP contribution in [0.5, 0.6) is 0 Å². The molecule has 1 atom stereocenters. The molecule has 1 aromatic rings. The summed E-state index contributed by atoms with van der Waals surface area (Å²) in [5.74, 6) is 2.53. The molecule has 21 heavy (non-hydrogen) atoms. The van der Waals surface area contributed by atoms with E-state index in [2.05, 4.69) is 50.4 Å². The van der Waals surface area contributed by atoms with Crippen molar-refractivity contribution in [3.8, 4) is 0 Å². The Balaban J connectivity index is 1.89. The van der Waals surface area contributed by atoms with E-state index < -0.39 is 0 Å². The van der Waals surface area contributed by atoms with E-state index in [0.717, 1.165) is 24.3 Å². The molecular weight excluding hydrogens is 254 g/mol. The van der Waals surface area contributed by atoms with Crippen LogP contribution in [-0.2, 0) is 6.42 Å². The lowest BCUT2D eigenvalue weighted by molar-refractivity contribution is 0.351. The summed E-state index contributed by atoms with van der Waals surface area (Å²) in [4.78, 5) is 0. The van der Waals surface area contributed by atoms with Crippen LogP contribution in [0.3, 0.4) is 0 Å². The van der Waals surface area contributed by atoms with Gasteiger partial charge in [-0.05, 0) is 56.2 Å². The molecule has 1 nitrogen and oxygen atoms in total. The van der Waals surface area contributed by atoms with Crippen molar-refractivity contribution in [2.75, 3.05) is 13.1 Å². The average molecular weight is 287 g/mol. The van der Waals surface area contributed by atoms with Crippen molar-refractivity contribution in [3.63, 3.8) is 0 Å². The first-order chi connectivity index (χ1) is 10.1. The van der Waals surface area contributed by atoms with Crippen LogP contribution in [0.15, 0.2) is 24.3 Å². The molecule has 0 radical (unpaired) electrons. The molecule has 1 aliphatic carbocycles. The van der Waals surface area contributed by atoms with Crippen LogP contribution in [0.25, 0.3) is 0 Å². The molecule has 0 saturated heterocycles. The summed E-state index contributed by atoms with van der Waals surface area (Å²) in [6, 6.07) is 9.08. The normalized spacial score (nSPS) is 17.5. The molecule has 0 bridgehead atoms. The highest BCUT2D eigenvalue weighted by atomic mass is 14.9. The monoisotopic (exact) mass is 287 g/mol. The maximum Gasteiger partial charge on any atom is -0.00171 e. The predicted molar refractivity (Wildman–Crippen MR) is 92.7 cm³/mol. The molecule has 0 aromatic heterocycles. The SMILES string of the molecule is Cc1cccc(CC(CNCC(C)C)CC2CCCC2)c1. The van der Waals surface area contributed by atoms with Gasteiger partial charge >= 0.3 is 0 Å². The first kappa shape index (κ1) is 16.5. The number of hydrogen-bond donors (Lipinski definition) is 1. The molecule has 1 heteroatoms. The second-order valence-electron chi connectivity index (χ2n) is 7.50. The zero-order chi connectivity index (χ0) is 15.1. The fourth-order valence-electron chi connectivity index (χ4n) is 3.70. The molecule has 0 spiro atoms. The second kappa shape index (κ2) is 8.58. The highest BCUT2D eigenvalue weighted by molar-refractivity contribution is 5.22. The molecule has 1 N–H and O–H groups in total. The van der Waals surface area contributed by atoms with Crippen molar-refractivity contribution in [2.45, 2.75) is 59.3 Å². The van der Waals surface area contributed by atoms with Crippen LogP contribution in [-0.4, -0.2) is 13.1 Å². The van der Waals surface area contributed by atoms with Gasteiger partial charge in [0.15, 0.2) is 0 Å². The van der Waals surface area contributed by atoms with E-state index in [0.29, 0.717) is 0 Å². The number of nitrogens with one attached hydrogen (secondary N) is 1. The van der Waals surface area contributed by atoms with Gasteiger partial charge in [-0.15, -0.1) is 0 Å². The minimum atomic E-state index is 0.746. The van der Waals surface area contributed by atoms with Crippen LogP contribution in [0.1, 0.15) is 57.1 Å². The summed E-state index contributed by atoms with van der Waals surface area (Å²) in [5.41, 5.74) is 2.91. The smallest absolute Gasteiger partial charge is 0.00171 e. The first-order valence-electron chi connectivity index (χ1n) is 8.89.